The Bertz CT molecular complexity index is 819. The number of hydrogen-bond acceptors (Lipinski definition) is 2. The molecule has 2 aromatic rings. The van der Waals surface area contributed by atoms with Crippen LogP contribution in [0.2, 0.25) is 5.02 Å². The lowest BCUT2D eigenvalue weighted by molar-refractivity contribution is 0.395. The van der Waals surface area contributed by atoms with Crippen molar-refractivity contribution in [1.29, 1.82) is 0 Å². The number of fused-ring (bicyclic) bond motifs is 1. The molecule has 0 spiro atoms. The van der Waals surface area contributed by atoms with Gasteiger partial charge in [-0.05, 0) is 67.5 Å². The molecule has 1 aliphatic heterocycles. The van der Waals surface area contributed by atoms with Gasteiger partial charge in [0.05, 0.1) is 10.7 Å². The molecule has 0 saturated carbocycles. The molecular weight excluding hydrogens is 340 g/mol. The Hall–Kier alpha value is -1.80. The Kier molecular flexibility index (Phi) is 5.16. The summed E-state index contributed by atoms with van der Waals surface area (Å²) in [5.41, 5.74) is 6.00. The van der Waals surface area contributed by atoms with Crippen molar-refractivity contribution >= 4 is 29.2 Å². The highest BCUT2D eigenvalue weighted by Gasteiger charge is 2.34. The summed E-state index contributed by atoms with van der Waals surface area (Å²) < 4.78 is 0. The third-order valence-corrected chi connectivity index (χ3v) is 5.99. The van der Waals surface area contributed by atoms with Crippen molar-refractivity contribution in [3.05, 3.63) is 58.1 Å². The van der Waals surface area contributed by atoms with E-state index in [-0.39, 0.29) is 5.54 Å². The van der Waals surface area contributed by atoms with Crippen molar-refractivity contribution in [2.24, 2.45) is 4.99 Å². The molecule has 26 heavy (non-hydrogen) atoms. The van der Waals surface area contributed by atoms with Gasteiger partial charge < -0.3 is 4.90 Å². The third-order valence-electron chi connectivity index (χ3n) is 5.66. The molecular formula is C23H29ClN2. The van der Waals surface area contributed by atoms with Crippen LogP contribution in [-0.2, 0) is 0 Å². The van der Waals surface area contributed by atoms with E-state index in [2.05, 4.69) is 88.0 Å². The van der Waals surface area contributed by atoms with Crippen LogP contribution >= 0.6 is 11.6 Å². The molecule has 0 saturated heterocycles. The first-order chi connectivity index (χ1) is 12.2. The lowest BCUT2D eigenvalue weighted by Crippen LogP contribution is -2.45. The van der Waals surface area contributed by atoms with Gasteiger partial charge in [-0.1, -0.05) is 44.5 Å². The van der Waals surface area contributed by atoms with Crippen molar-refractivity contribution in [3.8, 4) is 0 Å². The summed E-state index contributed by atoms with van der Waals surface area (Å²) in [7, 11) is 2.16. The second-order valence-electron chi connectivity index (χ2n) is 8.41. The lowest BCUT2D eigenvalue weighted by Gasteiger charge is -2.45. The zero-order chi connectivity index (χ0) is 19.1. The Labute approximate surface area is 162 Å². The quantitative estimate of drug-likeness (QED) is 0.536. The molecule has 1 aliphatic rings. The van der Waals surface area contributed by atoms with Crippen LogP contribution < -0.4 is 4.90 Å². The van der Waals surface area contributed by atoms with Gasteiger partial charge in [0.2, 0.25) is 0 Å². The summed E-state index contributed by atoms with van der Waals surface area (Å²) >= 11 is 6.58. The summed E-state index contributed by atoms with van der Waals surface area (Å²) in [5.74, 6) is 1.04. The molecule has 0 N–H and O–H groups in total. The van der Waals surface area contributed by atoms with E-state index in [1.807, 2.05) is 6.21 Å². The zero-order valence-corrected chi connectivity index (χ0v) is 17.4. The van der Waals surface area contributed by atoms with Gasteiger partial charge in [-0.2, -0.15) is 0 Å². The standard InChI is InChI=1S/C23H29ClN2/c1-15(2)17-7-9-19(10-8-17)25-14-18-11-20-16(3)13-23(4,5)26(6)22(20)12-21(18)24/h7-12,14-16H,13H2,1-6H3/t16-/m0/s1. The lowest BCUT2D eigenvalue weighted by atomic mass is 9.80. The van der Waals surface area contributed by atoms with E-state index < -0.39 is 0 Å². The molecule has 1 atom stereocenters. The summed E-state index contributed by atoms with van der Waals surface area (Å²) in [6.07, 6.45) is 3.02. The largest absolute Gasteiger partial charge is 0.369 e. The van der Waals surface area contributed by atoms with Crippen LogP contribution in [0.4, 0.5) is 11.4 Å². The maximum Gasteiger partial charge on any atom is 0.0630 e. The van der Waals surface area contributed by atoms with Crippen molar-refractivity contribution < 1.29 is 0 Å². The molecule has 0 amide bonds. The highest BCUT2D eigenvalue weighted by Crippen LogP contribution is 2.44. The van der Waals surface area contributed by atoms with Crippen molar-refractivity contribution in [2.45, 2.75) is 58.4 Å². The van der Waals surface area contributed by atoms with Crippen LogP contribution in [0.25, 0.3) is 0 Å². The number of aliphatic imine (C=N–C) groups is 1. The number of nitrogens with zero attached hydrogens (tertiary/aromatic N) is 2. The van der Waals surface area contributed by atoms with E-state index in [4.69, 9.17) is 11.6 Å². The summed E-state index contributed by atoms with van der Waals surface area (Å²) in [6, 6.07) is 12.7. The van der Waals surface area contributed by atoms with Crippen LogP contribution in [-0.4, -0.2) is 18.8 Å². The first-order valence-electron chi connectivity index (χ1n) is 9.40. The predicted molar refractivity (Wildman–Crippen MR) is 115 cm³/mol. The summed E-state index contributed by atoms with van der Waals surface area (Å²) in [6.45, 7) is 11.3. The second kappa shape index (κ2) is 7.08. The van der Waals surface area contributed by atoms with Gasteiger partial charge in [0, 0.05) is 30.1 Å². The number of halogens is 1. The Morgan fingerprint density at radius 3 is 2.46 bits per heavy atom. The molecule has 3 heteroatoms. The maximum atomic E-state index is 6.58. The average Bonchev–Trinajstić information content (AvgIpc) is 2.58. The third kappa shape index (κ3) is 3.66. The average molecular weight is 369 g/mol. The molecule has 0 unspecified atom stereocenters. The van der Waals surface area contributed by atoms with Crippen molar-refractivity contribution in [3.63, 3.8) is 0 Å². The normalized spacial score (nSPS) is 19.2. The molecule has 0 aromatic heterocycles. The first kappa shape index (κ1) is 19.0. The Morgan fingerprint density at radius 2 is 1.85 bits per heavy atom. The molecule has 3 rings (SSSR count). The predicted octanol–water partition coefficient (Wildman–Crippen LogP) is 6.94. The first-order valence-corrected chi connectivity index (χ1v) is 9.78. The van der Waals surface area contributed by atoms with E-state index in [1.165, 1.54) is 16.8 Å². The smallest absolute Gasteiger partial charge is 0.0630 e. The second-order valence-corrected chi connectivity index (χ2v) is 8.82. The van der Waals surface area contributed by atoms with Gasteiger partial charge in [-0.3, -0.25) is 4.99 Å². The van der Waals surface area contributed by atoms with Gasteiger partial charge in [0.15, 0.2) is 0 Å². The fraction of sp³-hybridized carbons (Fsp3) is 0.435. The zero-order valence-electron chi connectivity index (χ0n) is 16.7. The van der Waals surface area contributed by atoms with Crippen molar-refractivity contribution in [2.75, 3.05) is 11.9 Å². The SMILES string of the molecule is CC(C)c1ccc(N=Cc2cc3c(cc2Cl)N(C)C(C)(C)C[C@@H]3C)cc1. The van der Waals surface area contributed by atoms with Gasteiger partial charge in [-0.15, -0.1) is 0 Å². The highest BCUT2D eigenvalue weighted by molar-refractivity contribution is 6.33. The molecule has 0 fully saturated rings. The number of benzene rings is 2. The minimum absolute atomic E-state index is 0.142. The topological polar surface area (TPSA) is 15.6 Å². The van der Waals surface area contributed by atoms with Crippen LogP contribution in [0.3, 0.4) is 0 Å². The minimum Gasteiger partial charge on any atom is -0.369 e. The summed E-state index contributed by atoms with van der Waals surface area (Å²) in [5, 5.41) is 0.753. The van der Waals surface area contributed by atoms with E-state index in [0.717, 1.165) is 22.7 Å². The van der Waals surface area contributed by atoms with E-state index in [1.54, 1.807) is 0 Å². The van der Waals surface area contributed by atoms with E-state index in [0.29, 0.717) is 11.8 Å². The van der Waals surface area contributed by atoms with Crippen molar-refractivity contribution in [1.82, 2.24) is 0 Å². The van der Waals surface area contributed by atoms with Gasteiger partial charge in [0.1, 0.15) is 0 Å². The molecule has 2 nitrogen and oxygen atoms in total. The molecule has 0 bridgehead atoms. The monoisotopic (exact) mass is 368 g/mol. The highest BCUT2D eigenvalue weighted by atomic mass is 35.5. The molecule has 1 heterocycles. The molecule has 2 aromatic carbocycles. The van der Waals surface area contributed by atoms with Crippen LogP contribution in [0.15, 0.2) is 41.4 Å². The van der Waals surface area contributed by atoms with Gasteiger partial charge in [0.25, 0.3) is 0 Å². The number of anilines is 1. The van der Waals surface area contributed by atoms with Crippen LogP contribution in [0.1, 0.15) is 69.6 Å². The Morgan fingerprint density at radius 1 is 1.19 bits per heavy atom. The Balaban J connectivity index is 1.91. The number of hydrogen-bond donors (Lipinski definition) is 0. The fourth-order valence-electron chi connectivity index (χ4n) is 3.79. The molecule has 0 radical (unpaired) electrons. The van der Waals surface area contributed by atoms with Gasteiger partial charge in [-0.25, -0.2) is 0 Å². The van der Waals surface area contributed by atoms with Crippen LogP contribution in [0, 0.1) is 0 Å². The fourth-order valence-corrected chi connectivity index (χ4v) is 4.00. The molecule has 0 aliphatic carbocycles. The van der Waals surface area contributed by atoms with E-state index >= 15 is 0 Å². The van der Waals surface area contributed by atoms with E-state index in [9.17, 15) is 0 Å². The minimum atomic E-state index is 0.142. The maximum absolute atomic E-state index is 6.58. The summed E-state index contributed by atoms with van der Waals surface area (Å²) in [4.78, 5) is 6.98. The number of rotatable bonds is 3. The van der Waals surface area contributed by atoms with Gasteiger partial charge >= 0.3 is 0 Å². The van der Waals surface area contributed by atoms with Crippen LogP contribution in [0.5, 0.6) is 0 Å². The molecule has 138 valence electrons.